The summed E-state index contributed by atoms with van der Waals surface area (Å²) in [7, 11) is -2.45. The first kappa shape index (κ1) is 15.8. The van der Waals surface area contributed by atoms with Crippen LogP contribution in [-0.2, 0) is 10.0 Å². The highest BCUT2D eigenvalue weighted by molar-refractivity contribution is 7.92. The fraction of sp³-hybridized carbons (Fsp3) is 0.133. The maximum absolute atomic E-state index is 12.5. The Labute approximate surface area is 129 Å². The van der Waals surface area contributed by atoms with Gasteiger partial charge in [-0.1, -0.05) is 18.2 Å². The van der Waals surface area contributed by atoms with Gasteiger partial charge in [-0.05, 0) is 36.8 Å². The maximum atomic E-state index is 12.5. The van der Waals surface area contributed by atoms with Crippen molar-refractivity contribution in [3.63, 3.8) is 0 Å². The molecule has 116 valence electrons. The van der Waals surface area contributed by atoms with Crippen LogP contribution in [0.15, 0.2) is 47.4 Å². The highest BCUT2D eigenvalue weighted by atomic mass is 32.2. The van der Waals surface area contributed by atoms with Crippen molar-refractivity contribution in [2.24, 2.45) is 5.73 Å². The first-order valence-electron chi connectivity index (χ1n) is 6.42. The predicted molar refractivity (Wildman–Crippen MR) is 83.5 cm³/mol. The molecule has 0 aliphatic heterocycles. The number of para-hydroxylation sites is 1. The van der Waals surface area contributed by atoms with E-state index in [1.54, 1.807) is 43.3 Å². The average Bonchev–Trinajstić information content (AvgIpc) is 2.49. The number of amides is 1. The molecule has 7 heteroatoms. The van der Waals surface area contributed by atoms with Crippen LogP contribution in [-0.4, -0.2) is 21.4 Å². The number of sulfonamides is 1. The molecule has 0 unspecified atom stereocenters. The fourth-order valence-corrected chi connectivity index (χ4v) is 3.35. The molecule has 0 heterocycles. The molecular weight excluding hydrogens is 304 g/mol. The van der Waals surface area contributed by atoms with Gasteiger partial charge in [0.15, 0.2) is 0 Å². The number of carbonyl (C=O) groups excluding carboxylic acids is 1. The molecule has 2 aromatic rings. The molecule has 0 bridgehead atoms. The normalized spacial score (nSPS) is 11.0. The SMILES string of the molecule is COc1ccccc1S(=O)(=O)Nc1cccc(C(N)=O)c1C. The Kier molecular flexibility index (Phi) is 4.37. The van der Waals surface area contributed by atoms with Gasteiger partial charge in [-0.2, -0.15) is 0 Å². The number of carbonyl (C=O) groups is 1. The Bertz CT molecular complexity index is 816. The standard InChI is InChI=1S/C15H16N2O4S/c1-10-11(15(16)18)6-5-7-12(10)17-22(19,20)14-9-4-3-8-13(14)21-2/h3-9,17H,1-2H3,(H2,16,18). The summed E-state index contributed by atoms with van der Waals surface area (Å²) in [5.74, 6) is -0.380. The highest BCUT2D eigenvalue weighted by Gasteiger charge is 2.20. The molecule has 22 heavy (non-hydrogen) atoms. The Morgan fingerprint density at radius 1 is 1.14 bits per heavy atom. The van der Waals surface area contributed by atoms with Crippen LogP contribution in [0.5, 0.6) is 5.75 Å². The molecule has 0 fully saturated rings. The topological polar surface area (TPSA) is 98.5 Å². The fourth-order valence-electron chi connectivity index (χ4n) is 2.05. The number of hydrogen-bond donors (Lipinski definition) is 2. The molecule has 0 radical (unpaired) electrons. The van der Waals surface area contributed by atoms with Crippen LogP contribution in [0.1, 0.15) is 15.9 Å². The lowest BCUT2D eigenvalue weighted by Crippen LogP contribution is -2.17. The van der Waals surface area contributed by atoms with Crippen molar-refractivity contribution >= 4 is 21.6 Å². The van der Waals surface area contributed by atoms with E-state index in [9.17, 15) is 13.2 Å². The summed E-state index contributed by atoms with van der Waals surface area (Å²) in [6, 6.07) is 10.9. The molecule has 0 aliphatic rings. The van der Waals surface area contributed by atoms with Gasteiger partial charge in [0.1, 0.15) is 10.6 Å². The Hall–Kier alpha value is -2.54. The van der Waals surface area contributed by atoms with Crippen molar-refractivity contribution < 1.29 is 17.9 Å². The second-order valence-corrected chi connectivity index (χ2v) is 6.25. The minimum absolute atomic E-state index is 0.0152. The van der Waals surface area contributed by atoms with Gasteiger partial charge in [0.25, 0.3) is 10.0 Å². The summed E-state index contributed by atoms with van der Waals surface area (Å²) in [4.78, 5) is 11.4. The van der Waals surface area contributed by atoms with Crippen molar-refractivity contribution in [2.75, 3.05) is 11.8 Å². The van der Waals surface area contributed by atoms with Crippen LogP contribution in [0.25, 0.3) is 0 Å². The number of nitrogens with two attached hydrogens (primary N) is 1. The van der Waals surface area contributed by atoms with Crippen molar-refractivity contribution in [3.8, 4) is 5.75 Å². The first-order chi connectivity index (χ1) is 10.4. The zero-order valence-corrected chi connectivity index (χ0v) is 13.0. The van der Waals surface area contributed by atoms with E-state index in [4.69, 9.17) is 10.5 Å². The number of rotatable bonds is 5. The molecule has 1 amide bonds. The van der Waals surface area contributed by atoms with E-state index in [0.29, 0.717) is 11.3 Å². The van der Waals surface area contributed by atoms with Gasteiger partial charge in [0.2, 0.25) is 5.91 Å². The lowest BCUT2D eigenvalue weighted by atomic mass is 10.1. The molecule has 0 saturated carbocycles. The maximum Gasteiger partial charge on any atom is 0.265 e. The van der Waals surface area contributed by atoms with Gasteiger partial charge in [-0.15, -0.1) is 0 Å². The largest absolute Gasteiger partial charge is 0.495 e. The zero-order chi connectivity index (χ0) is 16.3. The molecule has 0 aromatic heterocycles. The highest BCUT2D eigenvalue weighted by Crippen LogP contribution is 2.27. The second kappa shape index (κ2) is 6.07. The quantitative estimate of drug-likeness (QED) is 0.879. The molecule has 0 aliphatic carbocycles. The van der Waals surface area contributed by atoms with Gasteiger partial charge in [0, 0.05) is 5.56 Å². The number of ether oxygens (including phenoxy) is 1. The molecule has 2 rings (SSSR count). The van der Waals surface area contributed by atoms with Crippen LogP contribution in [0.2, 0.25) is 0 Å². The molecular formula is C15H16N2O4S. The van der Waals surface area contributed by atoms with E-state index in [2.05, 4.69) is 4.72 Å². The van der Waals surface area contributed by atoms with Gasteiger partial charge < -0.3 is 10.5 Å². The van der Waals surface area contributed by atoms with Crippen molar-refractivity contribution in [2.45, 2.75) is 11.8 Å². The number of primary amides is 1. The van der Waals surface area contributed by atoms with E-state index in [1.807, 2.05) is 0 Å². The molecule has 3 N–H and O–H groups in total. The van der Waals surface area contributed by atoms with Gasteiger partial charge >= 0.3 is 0 Å². The summed E-state index contributed by atoms with van der Waals surface area (Å²) in [6.45, 7) is 1.63. The number of methoxy groups -OCH3 is 1. The molecule has 6 nitrogen and oxygen atoms in total. The first-order valence-corrected chi connectivity index (χ1v) is 7.90. The van der Waals surface area contributed by atoms with Crippen LogP contribution in [0.4, 0.5) is 5.69 Å². The van der Waals surface area contributed by atoms with Crippen LogP contribution in [0.3, 0.4) is 0 Å². The summed E-state index contributed by atoms with van der Waals surface area (Å²) in [5, 5.41) is 0. The van der Waals surface area contributed by atoms with Gasteiger partial charge in [0.05, 0.1) is 12.8 Å². The Balaban J connectivity index is 2.46. The van der Waals surface area contributed by atoms with E-state index >= 15 is 0 Å². The predicted octanol–water partition coefficient (Wildman–Crippen LogP) is 1.90. The summed E-state index contributed by atoms with van der Waals surface area (Å²) >= 11 is 0. The summed E-state index contributed by atoms with van der Waals surface area (Å²) in [6.07, 6.45) is 0. The molecule has 0 atom stereocenters. The third-order valence-electron chi connectivity index (χ3n) is 3.20. The summed E-state index contributed by atoms with van der Waals surface area (Å²) in [5.41, 5.74) is 6.29. The Morgan fingerprint density at radius 2 is 1.82 bits per heavy atom. The number of benzene rings is 2. The number of anilines is 1. The van der Waals surface area contributed by atoms with Crippen LogP contribution >= 0.6 is 0 Å². The van der Waals surface area contributed by atoms with Crippen molar-refractivity contribution in [3.05, 3.63) is 53.6 Å². The van der Waals surface area contributed by atoms with Crippen molar-refractivity contribution in [1.29, 1.82) is 0 Å². The van der Waals surface area contributed by atoms with Crippen molar-refractivity contribution in [1.82, 2.24) is 0 Å². The van der Waals surface area contributed by atoms with Crippen LogP contribution < -0.4 is 15.2 Å². The zero-order valence-electron chi connectivity index (χ0n) is 12.2. The minimum atomic E-state index is -3.85. The summed E-state index contributed by atoms with van der Waals surface area (Å²) < 4.78 is 32.5. The van der Waals surface area contributed by atoms with E-state index in [1.165, 1.54) is 13.2 Å². The molecule has 0 spiro atoms. The average molecular weight is 320 g/mol. The lowest BCUT2D eigenvalue weighted by Gasteiger charge is -2.14. The third kappa shape index (κ3) is 3.04. The van der Waals surface area contributed by atoms with E-state index in [-0.39, 0.29) is 16.2 Å². The lowest BCUT2D eigenvalue weighted by molar-refractivity contribution is 0.0999. The van der Waals surface area contributed by atoms with Gasteiger partial charge in [-0.25, -0.2) is 8.42 Å². The van der Waals surface area contributed by atoms with E-state index in [0.717, 1.165) is 0 Å². The minimum Gasteiger partial charge on any atom is -0.495 e. The Morgan fingerprint density at radius 3 is 2.45 bits per heavy atom. The second-order valence-electron chi connectivity index (χ2n) is 4.60. The number of nitrogens with one attached hydrogen (secondary N) is 1. The van der Waals surface area contributed by atoms with Gasteiger partial charge in [-0.3, -0.25) is 9.52 Å². The number of hydrogen-bond acceptors (Lipinski definition) is 4. The monoisotopic (exact) mass is 320 g/mol. The van der Waals surface area contributed by atoms with E-state index < -0.39 is 15.9 Å². The van der Waals surface area contributed by atoms with Crippen LogP contribution in [0, 0.1) is 6.92 Å². The molecule has 0 saturated heterocycles. The third-order valence-corrected chi connectivity index (χ3v) is 4.61. The molecule has 2 aromatic carbocycles. The smallest absolute Gasteiger partial charge is 0.265 e.